The van der Waals surface area contributed by atoms with Crippen LogP contribution in [0.4, 0.5) is 4.39 Å². The largest absolute Gasteiger partial charge is 0.335 e. The van der Waals surface area contributed by atoms with Crippen molar-refractivity contribution in [2.45, 2.75) is 18.9 Å². The lowest BCUT2D eigenvalue weighted by atomic mass is 10.1. The number of carbonyl (C=O) groups is 1. The predicted octanol–water partition coefficient (Wildman–Crippen LogP) is 3.59. The van der Waals surface area contributed by atoms with E-state index in [0.717, 1.165) is 18.2 Å². The van der Waals surface area contributed by atoms with Crippen molar-refractivity contribution in [1.29, 1.82) is 0 Å². The summed E-state index contributed by atoms with van der Waals surface area (Å²) < 4.78 is 14.3. The zero-order valence-corrected chi connectivity index (χ0v) is 12.3. The average Bonchev–Trinajstić information content (AvgIpc) is 2.76. The molecule has 1 fully saturated rings. The Kier molecular flexibility index (Phi) is 4.20. The smallest absolute Gasteiger partial charge is 0.257 e. The lowest BCUT2D eigenvalue weighted by Gasteiger charge is -2.23. The number of alkyl halides is 1. The second kappa shape index (κ2) is 5.48. The van der Waals surface area contributed by atoms with Crippen LogP contribution in [0, 0.1) is 5.82 Å². The summed E-state index contributed by atoms with van der Waals surface area (Å²) in [5.41, 5.74) is 0.154. The summed E-state index contributed by atoms with van der Waals surface area (Å²) in [5, 5.41) is 0.747. The highest BCUT2D eigenvalue weighted by atomic mass is 79.9. The van der Waals surface area contributed by atoms with Gasteiger partial charge >= 0.3 is 0 Å². The number of amides is 1. The first-order valence-electron chi connectivity index (χ1n) is 5.45. The molecule has 1 saturated heterocycles. The minimum atomic E-state index is -0.468. The molecule has 0 bridgehead atoms. The van der Waals surface area contributed by atoms with Crippen molar-refractivity contribution in [3.05, 3.63) is 34.1 Å². The van der Waals surface area contributed by atoms with E-state index in [1.807, 2.05) is 0 Å². The van der Waals surface area contributed by atoms with Gasteiger partial charge in [0.15, 0.2) is 0 Å². The van der Waals surface area contributed by atoms with Crippen molar-refractivity contribution in [3.8, 4) is 0 Å². The van der Waals surface area contributed by atoms with Gasteiger partial charge in [-0.3, -0.25) is 4.79 Å². The van der Waals surface area contributed by atoms with E-state index >= 15 is 0 Å². The maximum absolute atomic E-state index is 13.7. The van der Waals surface area contributed by atoms with E-state index in [0.29, 0.717) is 11.0 Å². The SMILES string of the molecule is O=C(c1ccc(Br)cc1F)N1CCCC1CBr. The van der Waals surface area contributed by atoms with E-state index in [-0.39, 0.29) is 17.5 Å². The average molecular weight is 365 g/mol. The molecule has 0 aliphatic carbocycles. The van der Waals surface area contributed by atoms with Gasteiger partial charge in [-0.25, -0.2) is 4.39 Å². The molecule has 1 aromatic rings. The lowest BCUT2D eigenvalue weighted by molar-refractivity contribution is 0.0746. The number of rotatable bonds is 2. The van der Waals surface area contributed by atoms with Crippen molar-refractivity contribution in [1.82, 2.24) is 4.90 Å². The van der Waals surface area contributed by atoms with Gasteiger partial charge in [0, 0.05) is 22.4 Å². The van der Waals surface area contributed by atoms with Gasteiger partial charge in [-0.2, -0.15) is 0 Å². The summed E-state index contributed by atoms with van der Waals surface area (Å²) in [6.07, 6.45) is 1.97. The van der Waals surface area contributed by atoms with Crippen LogP contribution in [0.2, 0.25) is 0 Å². The molecule has 0 radical (unpaired) electrons. The maximum Gasteiger partial charge on any atom is 0.257 e. The molecule has 0 saturated carbocycles. The van der Waals surface area contributed by atoms with Crippen LogP contribution in [0.3, 0.4) is 0 Å². The highest BCUT2D eigenvalue weighted by Gasteiger charge is 2.29. The van der Waals surface area contributed by atoms with Crippen LogP contribution in [0.15, 0.2) is 22.7 Å². The zero-order valence-electron chi connectivity index (χ0n) is 9.13. The minimum absolute atomic E-state index is 0.154. The third kappa shape index (κ3) is 2.71. The Morgan fingerprint density at radius 2 is 2.29 bits per heavy atom. The molecule has 0 aromatic heterocycles. The third-order valence-electron chi connectivity index (χ3n) is 2.98. The second-order valence-corrected chi connectivity index (χ2v) is 5.64. The van der Waals surface area contributed by atoms with Gasteiger partial charge in [-0.15, -0.1) is 0 Å². The van der Waals surface area contributed by atoms with E-state index in [1.165, 1.54) is 12.1 Å². The molecule has 1 atom stereocenters. The van der Waals surface area contributed by atoms with Crippen LogP contribution in [-0.2, 0) is 0 Å². The van der Waals surface area contributed by atoms with Crippen LogP contribution in [0.1, 0.15) is 23.2 Å². The number of likely N-dealkylation sites (tertiary alicyclic amines) is 1. The van der Waals surface area contributed by atoms with Crippen LogP contribution in [0.5, 0.6) is 0 Å². The first kappa shape index (κ1) is 13.0. The van der Waals surface area contributed by atoms with Gasteiger partial charge in [0.05, 0.1) is 5.56 Å². The van der Waals surface area contributed by atoms with Crippen molar-refractivity contribution in [3.63, 3.8) is 0 Å². The Morgan fingerprint density at radius 3 is 2.94 bits per heavy atom. The highest BCUT2D eigenvalue weighted by molar-refractivity contribution is 9.10. The fourth-order valence-electron chi connectivity index (χ4n) is 2.08. The van der Waals surface area contributed by atoms with Gasteiger partial charge in [0.2, 0.25) is 0 Å². The van der Waals surface area contributed by atoms with Gasteiger partial charge in [0.25, 0.3) is 5.91 Å². The third-order valence-corrected chi connectivity index (χ3v) is 4.22. The second-order valence-electron chi connectivity index (χ2n) is 4.07. The molecule has 0 N–H and O–H groups in total. The quantitative estimate of drug-likeness (QED) is 0.734. The zero-order chi connectivity index (χ0) is 12.4. The Balaban J connectivity index is 2.24. The molecule has 1 unspecified atom stereocenters. The molecule has 1 heterocycles. The van der Waals surface area contributed by atoms with E-state index in [1.54, 1.807) is 11.0 Å². The molecule has 2 nitrogen and oxygen atoms in total. The molecule has 1 aliphatic heterocycles. The summed E-state index contributed by atoms with van der Waals surface area (Å²) in [7, 11) is 0. The molecule has 92 valence electrons. The topological polar surface area (TPSA) is 20.3 Å². The van der Waals surface area contributed by atoms with Gasteiger partial charge in [-0.05, 0) is 31.0 Å². The van der Waals surface area contributed by atoms with Gasteiger partial charge in [-0.1, -0.05) is 31.9 Å². The monoisotopic (exact) mass is 363 g/mol. The molecule has 2 rings (SSSR count). The summed E-state index contributed by atoms with van der Waals surface area (Å²) in [4.78, 5) is 13.9. The number of carbonyl (C=O) groups excluding carboxylic acids is 1. The number of halogens is 3. The molecule has 1 amide bonds. The Hall–Kier alpha value is -0.420. The summed E-state index contributed by atoms with van der Waals surface area (Å²) in [6, 6.07) is 4.73. The highest BCUT2D eigenvalue weighted by Crippen LogP contribution is 2.23. The first-order valence-corrected chi connectivity index (χ1v) is 7.37. The normalized spacial score (nSPS) is 19.7. The number of benzene rings is 1. The predicted molar refractivity (Wildman–Crippen MR) is 72.0 cm³/mol. The van der Waals surface area contributed by atoms with Crippen LogP contribution >= 0.6 is 31.9 Å². The van der Waals surface area contributed by atoms with Crippen molar-refractivity contribution < 1.29 is 9.18 Å². The lowest BCUT2D eigenvalue weighted by Crippen LogP contribution is -2.36. The number of nitrogens with zero attached hydrogens (tertiary/aromatic N) is 1. The summed E-state index contributed by atoms with van der Waals surface area (Å²) in [5.74, 6) is -0.679. The van der Waals surface area contributed by atoms with E-state index < -0.39 is 5.82 Å². The molecule has 17 heavy (non-hydrogen) atoms. The molecular formula is C12H12Br2FNO. The Bertz CT molecular complexity index is 439. The first-order chi connectivity index (χ1) is 8.13. The summed E-state index contributed by atoms with van der Waals surface area (Å²) >= 11 is 6.57. The van der Waals surface area contributed by atoms with E-state index in [2.05, 4.69) is 31.9 Å². The molecule has 5 heteroatoms. The van der Waals surface area contributed by atoms with Crippen LogP contribution in [-0.4, -0.2) is 28.7 Å². The fraction of sp³-hybridized carbons (Fsp3) is 0.417. The fourth-order valence-corrected chi connectivity index (χ4v) is 3.09. The molecule has 0 spiro atoms. The van der Waals surface area contributed by atoms with Crippen LogP contribution < -0.4 is 0 Å². The van der Waals surface area contributed by atoms with Crippen molar-refractivity contribution in [2.24, 2.45) is 0 Å². The molecule has 1 aliphatic rings. The maximum atomic E-state index is 13.7. The van der Waals surface area contributed by atoms with E-state index in [4.69, 9.17) is 0 Å². The standard InChI is InChI=1S/C12H12Br2FNO/c13-7-9-2-1-5-16(9)12(17)10-4-3-8(14)6-11(10)15/h3-4,6,9H,1-2,5,7H2. The molecule has 1 aromatic carbocycles. The Labute approximate surface area is 116 Å². The number of hydrogen-bond donors (Lipinski definition) is 0. The summed E-state index contributed by atoms with van der Waals surface area (Å²) in [6.45, 7) is 0.713. The molecular weight excluding hydrogens is 353 g/mol. The van der Waals surface area contributed by atoms with Crippen molar-refractivity contribution in [2.75, 3.05) is 11.9 Å². The van der Waals surface area contributed by atoms with Crippen LogP contribution in [0.25, 0.3) is 0 Å². The van der Waals surface area contributed by atoms with Gasteiger partial charge < -0.3 is 4.90 Å². The Morgan fingerprint density at radius 1 is 1.53 bits per heavy atom. The minimum Gasteiger partial charge on any atom is -0.335 e. The number of hydrogen-bond acceptors (Lipinski definition) is 1. The van der Waals surface area contributed by atoms with E-state index in [9.17, 15) is 9.18 Å². The van der Waals surface area contributed by atoms with Gasteiger partial charge in [0.1, 0.15) is 5.82 Å². The van der Waals surface area contributed by atoms with Crippen molar-refractivity contribution >= 4 is 37.8 Å².